The second-order valence-electron chi connectivity index (χ2n) is 5.91. The first-order valence-electron chi connectivity index (χ1n) is 8.36. The number of aromatic nitrogens is 1. The average Bonchev–Trinajstić information content (AvgIpc) is 2.68. The van der Waals surface area contributed by atoms with Crippen LogP contribution in [-0.2, 0) is 19.1 Å². The highest BCUT2D eigenvalue weighted by Crippen LogP contribution is 2.16. The number of esters is 2. The molecule has 2 rings (SSSR count). The number of rotatable bonds is 7. The maximum absolute atomic E-state index is 12.3. The molecule has 0 aliphatic rings. The van der Waals surface area contributed by atoms with E-state index in [1.807, 2.05) is 26.0 Å². The molecule has 1 heterocycles. The Morgan fingerprint density at radius 3 is 2.62 bits per heavy atom. The van der Waals surface area contributed by atoms with Gasteiger partial charge < -0.3 is 14.8 Å². The summed E-state index contributed by atoms with van der Waals surface area (Å²) in [5.41, 5.74) is 0.787. The van der Waals surface area contributed by atoms with Crippen molar-refractivity contribution in [3.05, 3.63) is 42.1 Å². The van der Waals surface area contributed by atoms with Crippen molar-refractivity contribution in [3.8, 4) is 0 Å². The standard InChI is InChI=1S/C19H22N2O5/c1-4-12(2)16(19(24)25-3)21-15(22)11-26-18(23)14-9-5-7-13-8-6-10-20-17(13)14/h5-10,12,16H,4,11H2,1-3H3,(H,21,22)/t12-,16-/m1/s1. The van der Waals surface area contributed by atoms with Gasteiger partial charge in [-0.3, -0.25) is 9.78 Å². The molecule has 1 aromatic heterocycles. The molecule has 0 fully saturated rings. The van der Waals surface area contributed by atoms with Crippen LogP contribution in [0.3, 0.4) is 0 Å². The zero-order valence-electron chi connectivity index (χ0n) is 15.0. The van der Waals surface area contributed by atoms with Gasteiger partial charge in [0.05, 0.1) is 18.2 Å². The number of fused-ring (bicyclic) bond motifs is 1. The van der Waals surface area contributed by atoms with Crippen LogP contribution < -0.4 is 5.32 Å². The molecule has 2 aromatic rings. The molecule has 1 N–H and O–H groups in total. The minimum Gasteiger partial charge on any atom is -0.467 e. The quantitative estimate of drug-likeness (QED) is 0.762. The molecular formula is C19H22N2O5. The number of benzene rings is 1. The second kappa shape index (κ2) is 8.94. The van der Waals surface area contributed by atoms with Gasteiger partial charge in [0, 0.05) is 11.6 Å². The molecule has 0 aliphatic carbocycles. The van der Waals surface area contributed by atoms with Crippen LogP contribution >= 0.6 is 0 Å². The summed E-state index contributed by atoms with van der Waals surface area (Å²) in [6, 6.07) is 7.96. The highest BCUT2D eigenvalue weighted by molar-refractivity contribution is 6.03. The minimum atomic E-state index is -0.782. The van der Waals surface area contributed by atoms with E-state index in [4.69, 9.17) is 9.47 Å². The summed E-state index contributed by atoms with van der Waals surface area (Å²) in [5, 5.41) is 3.36. The molecule has 26 heavy (non-hydrogen) atoms. The number of methoxy groups -OCH3 is 1. The Morgan fingerprint density at radius 2 is 1.92 bits per heavy atom. The number of ether oxygens (including phenoxy) is 2. The van der Waals surface area contributed by atoms with E-state index in [9.17, 15) is 14.4 Å². The zero-order chi connectivity index (χ0) is 19.1. The molecule has 0 aliphatic heterocycles. The Bertz CT molecular complexity index is 800. The van der Waals surface area contributed by atoms with Gasteiger partial charge in [-0.1, -0.05) is 38.5 Å². The molecule has 1 amide bonds. The maximum Gasteiger partial charge on any atom is 0.340 e. The van der Waals surface area contributed by atoms with E-state index in [2.05, 4.69) is 10.3 Å². The van der Waals surface area contributed by atoms with Crippen molar-refractivity contribution in [2.75, 3.05) is 13.7 Å². The van der Waals surface area contributed by atoms with E-state index in [0.717, 1.165) is 5.39 Å². The lowest BCUT2D eigenvalue weighted by Gasteiger charge is -2.21. The van der Waals surface area contributed by atoms with Crippen LogP contribution in [0.4, 0.5) is 0 Å². The number of amides is 1. The summed E-state index contributed by atoms with van der Waals surface area (Å²) >= 11 is 0. The van der Waals surface area contributed by atoms with Gasteiger partial charge in [0.2, 0.25) is 0 Å². The van der Waals surface area contributed by atoms with Gasteiger partial charge in [-0.25, -0.2) is 9.59 Å². The molecule has 0 unspecified atom stereocenters. The van der Waals surface area contributed by atoms with E-state index in [1.165, 1.54) is 7.11 Å². The highest BCUT2D eigenvalue weighted by Gasteiger charge is 2.27. The number of carbonyl (C=O) groups excluding carboxylic acids is 3. The van der Waals surface area contributed by atoms with E-state index < -0.39 is 30.5 Å². The first-order valence-corrected chi connectivity index (χ1v) is 8.36. The molecular weight excluding hydrogens is 336 g/mol. The van der Waals surface area contributed by atoms with Crippen molar-refractivity contribution in [1.82, 2.24) is 10.3 Å². The summed E-state index contributed by atoms with van der Waals surface area (Å²) in [4.78, 5) is 40.4. The first-order chi connectivity index (χ1) is 12.5. The number of hydrogen-bond acceptors (Lipinski definition) is 6. The Hall–Kier alpha value is -2.96. The van der Waals surface area contributed by atoms with Gasteiger partial charge in [-0.05, 0) is 18.1 Å². The second-order valence-corrected chi connectivity index (χ2v) is 5.91. The van der Waals surface area contributed by atoms with Crippen LogP contribution in [0, 0.1) is 5.92 Å². The molecule has 7 heteroatoms. The van der Waals surface area contributed by atoms with Crippen molar-refractivity contribution in [1.29, 1.82) is 0 Å². The Labute approximate surface area is 151 Å². The molecule has 0 radical (unpaired) electrons. The van der Waals surface area contributed by atoms with E-state index >= 15 is 0 Å². The molecule has 0 saturated carbocycles. The average molecular weight is 358 g/mol. The number of nitrogens with zero attached hydrogens (tertiary/aromatic N) is 1. The topological polar surface area (TPSA) is 94.6 Å². The Balaban J connectivity index is 2.02. The monoisotopic (exact) mass is 358 g/mol. The van der Waals surface area contributed by atoms with Gasteiger partial charge in [-0.2, -0.15) is 0 Å². The predicted molar refractivity (Wildman–Crippen MR) is 95.4 cm³/mol. The van der Waals surface area contributed by atoms with Crippen molar-refractivity contribution < 1.29 is 23.9 Å². The van der Waals surface area contributed by atoms with Gasteiger partial charge in [0.15, 0.2) is 6.61 Å². The van der Waals surface area contributed by atoms with Crippen LogP contribution in [0.5, 0.6) is 0 Å². The predicted octanol–water partition coefficient (Wildman–Crippen LogP) is 2.10. The summed E-state index contributed by atoms with van der Waals surface area (Å²) < 4.78 is 9.79. The zero-order valence-corrected chi connectivity index (χ0v) is 15.0. The molecule has 0 saturated heterocycles. The number of carbonyl (C=O) groups is 3. The summed E-state index contributed by atoms with van der Waals surface area (Å²) in [6.07, 6.45) is 2.26. The van der Waals surface area contributed by atoms with Crippen LogP contribution in [0.15, 0.2) is 36.5 Å². The number of para-hydroxylation sites is 1. The summed E-state index contributed by atoms with van der Waals surface area (Å²) in [5.74, 6) is -1.86. The van der Waals surface area contributed by atoms with Crippen molar-refractivity contribution in [2.24, 2.45) is 5.92 Å². The third-order valence-electron chi connectivity index (χ3n) is 4.17. The molecule has 7 nitrogen and oxygen atoms in total. The third kappa shape index (κ3) is 4.56. The summed E-state index contributed by atoms with van der Waals surface area (Å²) in [6.45, 7) is 3.24. The molecule has 1 aromatic carbocycles. The van der Waals surface area contributed by atoms with E-state index in [-0.39, 0.29) is 11.5 Å². The normalized spacial score (nSPS) is 12.9. The van der Waals surface area contributed by atoms with Gasteiger partial charge >= 0.3 is 11.9 Å². The SMILES string of the molecule is CC[C@@H](C)[C@@H](NC(=O)COC(=O)c1cccc2cccnc12)C(=O)OC. The lowest BCUT2D eigenvalue weighted by Crippen LogP contribution is -2.47. The molecule has 0 bridgehead atoms. The van der Waals surface area contributed by atoms with E-state index in [0.29, 0.717) is 11.9 Å². The fourth-order valence-corrected chi connectivity index (χ4v) is 2.49. The Morgan fingerprint density at radius 1 is 1.19 bits per heavy atom. The molecule has 138 valence electrons. The van der Waals surface area contributed by atoms with Gasteiger partial charge in [0.25, 0.3) is 5.91 Å². The Kier molecular flexibility index (Phi) is 6.66. The fraction of sp³-hybridized carbons (Fsp3) is 0.368. The van der Waals surface area contributed by atoms with Crippen molar-refractivity contribution in [2.45, 2.75) is 26.3 Å². The third-order valence-corrected chi connectivity index (χ3v) is 4.17. The van der Waals surface area contributed by atoms with Gasteiger partial charge in [-0.15, -0.1) is 0 Å². The first kappa shape index (κ1) is 19.4. The smallest absolute Gasteiger partial charge is 0.340 e. The van der Waals surface area contributed by atoms with Crippen molar-refractivity contribution >= 4 is 28.7 Å². The molecule has 0 spiro atoms. The van der Waals surface area contributed by atoms with E-state index in [1.54, 1.807) is 24.4 Å². The fourth-order valence-electron chi connectivity index (χ4n) is 2.49. The van der Waals surface area contributed by atoms with Crippen LogP contribution in [0.25, 0.3) is 10.9 Å². The summed E-state index contributed by atoms with van der Waals surface area (Å²) in [7, 11) is 1.26. The largest absolute Gasteiger partial charge is 0.467 e. The van der Waals surface area contributed by atoms with Crippen LogP contribution in [-0.4, -0.2) is 42.6 Å². The number of hydrogen-bond donors (Lipinski definition) is 1. The number of pyridine rings is 1. The van der Waals surface area contributed by atoms with Crippen LogP contribution in [0.1, 0.15) is 30.6 Å². The lowest BCUT2D eigenvalue weighted by molar-refractivity contribution is -0.147. The highest BCUT2D eigenvalue weighted by atomic mass is 16.5. The van der Waals surface area contributed by atoms with Crippen LogP contribution in [0.2, 0.25) is 0 Å². The maximum atomic E-state index is 12.3. The van der Waals surface area contributed by atoms with Crippen molar-refractivity contribution in [3.63, 3.8) is 0 Å². The molecule has 2 atom stereocenters. The van der Waals surface area contributed by atoms with Gasteiger partial charge in [0.1, 0.15) is 6.04 Å². The minimum absolute atomic E-state index is 0.107. The number of nitrogens with one attached hydrogen (secondary N) is 1. The lowest BCUT2D eigenvalue weighted by atomic mass is 9.99.